The lowest BCUT2D eigenvalue weighted by atomic mass is 10.0. The van der Waals surface area contributed by atoms with Crippen LogP contribution in [-0.4, -0.2) is 15.7 Å². The second-order valence-corrected chi connectivity index (χ2v) is 5.15. The van der Waals surface area contributed by atoms with Gasteiger partial charge in [0, 0.05) is 18.4 Å². The van der Waals surface area contributed by atoms with Gasteiger partial charge in [-0.3, -0.25) is 9.59 Å². The highest BCUT2D eigenvalue weighted by atomic mass is 16.2. The molecule has 0 bridgehead atoms. The van der Waals surface area contributed by atoms with E-state index in [1.165, 1.54) is 4.68 Å². The number of rotatable bonds is 5. The first-order chi connectivity index (χ1) is 10.1. The number of carbonyl (C=O) groups is 1. The molecule has 1 aromatic carbocycles. The van der Waals surface area contributed by atoms with Gasteiger partial charge in [0.25, 0.3) is 5.56 Å². The van der Waals surface area contributed by atoms with Crippen LogP contribution < -0.4 is 10.9 Å². The van der Waals surface area contributed by atoms with E-state index in [2.05, 4.69) is 10.4 Å². The van der Waals surface area contributed by atoms with Gasteiger partial charge in [-0.15, -0.1) is 0 Å². The lowest BCUT2D eigenvalue weighted by Crippen LogP contribution is -2.31. The Hall–Kier alpha value is -2.17. The molecule has 21 heavy (non-hydrogen) atoms. The van der Waals surface area contributed by atoms with Crippen molar-refractivity contribution in [1.82, 2.24) is 15.1 Å². The average Bonchev–Trinajstić information content (AvgIpc) is 2.50. The van der Waals surface area contributed by atoms with E-state index in [9.17, 15) is 9.59 Å². The van der Waals surface area contributed by atoms with E-state index in [1.54, 1.807) is 13.1 Å². The van der Waals surface area contributed by atoms with Crippen LogP contribution in [0.1, 0.15) is 32.4 Å². The van der Waals surface area contributed by atoms with Crippen LogP contribution in [0.15, 0.2) is 29.1 Å². The molecule has 0 aliphatic heterocycles. The molecule has 2 aromatic rings. The van der Waals surface area contributed by atoms with Crippen molar-refractivity contribution in [3.8, 4) is 0 Å². The third-order valence-electron chi connectivity index (χ3n) is 3.82. The van der Waals surface area contributed by atoms with Crippen LogP contribution in [0.2, 0.25) is 0 Å². The molecular formula is C16H21N3O2. The van der Waals surface area contributed by atoms with Gasteiger partial charge in [-0.1, -0.05) is 32.0 Å². The van der Waals surface area contributed by atoms with E-state index in [1.807, 2.05) is 32.0 Å². The minimum Gasteiger partial charge on any atom is -0.350 e. The number of amides is 1. The average molecular weight is 287 g/mol. The highest BCUT2D eigenvalue weighted by Crippen LogP contribution is 2.13. The van der Waals surface area contributed by atoms with Gasteiger partial charge in [-0.25, -0.2) is 4.68 Å². The van der Waals surface area contributed by atoms with E-state index < -0.39 is 0 Å². The molecule has 5 heteroatoms. The molecule has 0 atom stereocenters. The standard InChI is InChI=1S/C16H21N3O2/c1-4-11(5-2)15(20)17-10-14-12-8-6-7-9-13(12)16(21)19(3)18-14/h6-9,11H,4-5,10H2,1-3H3,(H,17,20). The molecule has 0 unspecified atom stereocenters. The summed E-state index contributed by atoms with van der Waals surface area (Å²) in [5.74, 6) is 0.0727. The van der Waals surface area contributed by atoms with E-state index in [0.29, 0.717) is 17.6 Å². The van der Waals surface area contributed by atoms with Crippen molar-refractivity contribution in [3.63, 3.8) is 0 Å². The van der Waals surface area contributed by atoms with E-state index in [0.717, 1.165) is 18.2 Å². The van der Waals surface area contributed by atoms with Crippen LogP contribution in [0, 0.1) is 5.92 Å². The molecule has 112 valence electrons. The molecule has 0 aliphatic carbocycles. The Bertz CT molecular complexity index is 702. The zero-order valence-electron chi connectivity index (χ0n) is 12.7. The van der Waals surface area contributed by atoms with Crippen LogP contribution in [-0.2, 0) is 18.4 Å². The van der Waals surface area contributed by atoms with Gasteiger partial charge in [0.15, 0.2) is 0 Å². The number of nitrogens with zero attached hydrogens (tertiary/aromatic N) is 2. The van der Waals surface area contributed by atoms with Gasteiger partial charge in [0.1, 0.15) is 0 Å². The SMILES string of the molecule is CCC(CC)C(=O)NCc1nn(C)c(=O)c2ccccc12. The van der Waals surface area contributed by atoms with Crippen LogP contribution in [0.5, 0.6) is 0 Å². The van der Waals surface area contributed by atoms with Crippen molar-refractivity contribution in [1.29, 1.82) is 0 Å². The third kappa shape index (κ3) is 3.12. The zero-order valence-corrected chi connectivity index (χ0v) is 12.7. The van der Waals surface area contributed by atoms with E-state index in [-0.39, 0.29) is 17.4 Å². The monoisotopic (exact) mass is 287 g/mol. The Morgan fingerprint density at radius 2 is 1.86 bits per heavy atom. The third-order valence-corrected chi connectivity index (χ3v) is 3.82. The minimum absolute atomic E-state index is 0.0313. The fourth-order valence-corrected chi connectivity index (χ4v) is 2.48. The smallest absolute Gasteiger partial charge is 0.274 e. The molecule has 0 saturated carbocycles. The summed E-state index contributed by atoms with van der Waals surface area (Å²) < 4.78 is 1.32. The fraction of sp³-hybridized carbons (Fsp3) is 0.438. The second kappa shape index (κ2) is 6.52. The Balaban J connectivity index is 2.29. The van der Waals surface area contributed by atoms with E-state index in [4.69, 9.17) is 0 Å². The Morgan fingerprint density at radius 3 is 2.48 bits per heavy atom. The number of hydrogen-bond acceptors (Lipinski definition) is 3. The van der Waals surface area contributed by atoms with Gasteiger partial charge in [0.05, 0.1) is 17.6 Å². The predicted molar refractivity (Wildman–Crippen MR) is 82.9 cm³/mol. The molecule has 5 nitrogen and oxygen atoms in total. The summed E-state index contributed by atoms with van der Waals surface area (Å²) in [6.07, 6.45) is 1.65. The lowest BCUT2D eigenvalue weighted by Gasteiger charge is -2.13. The Labute approximate surface area is 124 Å². The Kier molecular flexibility index (Phi) is 4.73. The number of aromatic nitrogens is 2. The largest absolute Gasteiger partial charge is 0.350 e. The van der Waals surface area contributed by atoms with E-state index >= 15 is 0 Å². The molecule has 1 aromatic heterocycles. The molecular weight excluding hydrogens is 266 g/mol. The number of hydrogen-bond donors (Lipinski definition) is 1. The fourth-order valence-electron chi connectivity index (χ4n) is 2.48. The number of fused-ring (bicyclic) bond motifs is 1. The molecule has 2 rings (SSSR count). The van der Waals surface area contributed by atoms with Crippen LogP contribution in [0.4, 0.5) is 0 Å². The maximum Gasteiger partial charge on any atom is 0.274 e. The first-order valence-corrected chi connectivity index (χ1v) is 7.31. The first kappa shape index (κ1) is 15.2. The quantitative estimate of drug-likeness (QED) is 0.914. The van der Waals surface area contributed by atoms with Gasteiger partial charge >= 0.3 is 0 Å². The van der Waals surface area contributed by atoms with Crippen molar-refractivity contribution in [2.75, 3.05) is 0 Å². The zero-order chi connectivity index (χ0) is 15.4. The first-order valence-electron chi connectivity index (χ1n) is 7.31. The summed E-state index contributed by atoms with van der Waals surface area (Å²) in [5, 5.41) is 8.62. The lowest BCUT2D eigenvalue weighted by molar-refractivity contribution is -0.125. The van der Waals surface area contributed by atoms with Crippen LogP contribution in [0.3, 0.4) is 0 Å². The molecule has 0 aliphatic rings. The highest BCUT2D eigenvalue weighted by Gasteiger charge is 2.15. The number of aryl methyl sites for hydroxylation is 1. The summed E-state index contributed by atoms with van der Waals surface area (Å²) >= 11 is 0. The molecule has 0 fully saturated rings. The number of benzene rings is 1. The van der Waals surface area contributed by atoms with Crippen molar-refractivity contribution in [2.24, 2.45) is 13.0 Å². The maximum absolute atomic E-state index is 12.1. The number of carbonyl (C=O) groups excluding carboxylic acids is 1. The van der Waals surface area contributed by atoms with Crippen molar-refractivity contribution < 1.29 is 4.79 Å². The van der Waals surface area contributed by atoms with Gasteiger partial charge in [-0.2, -0.15) is 5.10 Å². The predicted octanol–water partition coefficient (Wildman–Crippen LogP) is 1.99. The van der Waals surface area contributed by atoms with Crippen LogP contribution in [0.25, 0.3) is 10.8 Å². The molecule has 0 radical (unpaired) electrons. The van der Waals surface area contributed by atoms with Crippen molar-refractivity contribution >= 4 is 16.7 Å². The van der Waals surface area contributed by atoms with Gasteiger partial charge in [-0.05, 0) is 18.9 Å². The van der Waals surface area contributed by atoms with Crippen molar-refractivity contribution in [3.05, 3.63) is 40.3 Å². The summed E-state index contributed by atoms with van der Waals surface area (Å²) in [6, 6.07) is 7.35. The summed E-state index contributed by atoms with van der Waals surface area (Å²) in [6.45, 7) is 4.35. The molecule has 1 heterocycles. The summed E-state index contributed by atoms with van der Waals surface area (Å²) in [7, 11) is 1.63. The normalized spacial score (nSPS) is 11.0. The maximum atomic E-state index is 12.1. The van der Waals surface area contributed by atoms with Gasteiger partial charge < -0.3 is 5.32 Å². The summed E-state index contributed by atoms with van der Waals surface area (Å²) in [5.41, 5.74) is 0.590. The van der Waals surface area contributed by atoms with Crippen molar-refractivity contribution in [2.45, 2.75) is 33.2 Å². The topological polar surface area (TPSA) is 64.0 Å². The minimum atomic E-state index is -0.124. The molecule has 0 spiro atoms. The second-order valence-electron chi connectivity index (χ2n) is 5.15. The van der Waals surface area contributed by atoms with Crippen LogP contribution >= 0.6 is 0 Å². The highest BCUT2D eigenvalue weighted by molar-refractivity contribution is 5.84. The Morgan fingerprint density at radius 1 is 1.24 bits per heavy atom. The number of nitrogens with one attached hydrogen (secondary N) is 1. The molecule has 1 amide bonds. The van der Waals surface area contributed by atoms with Gasteiger partial charge in [0.2, 0.25) is 5.91 Å². The molecule has 1 N–H and O–H groups in total. The molecule has 0 saturated heterocycles. The summed E-state index contributed by atoms with van der Waals surface area (Å²) in [4.78, 5) is 24.1.